The van der Waals surface area contributed by atoms with Gasteiger partial charge in [-0.2, -0.15) is 0 Å². The lowest BCUT2D eigenvalue weighted by Gasteiger charge is -2.18. The number of hydrogen-bond acceptors (Lipinski definition) is 5. The molecule has 0 aromatic heterocycles. The van der Waals surface area contributed by atoms with Crippen LogP contribution in [-0.2, 0) is 0 Å². The van der Waals surface area contributed by atoms with Gasteiger partial charge < -0.3 is 19.1 Å². The maximum Gasteiger partial charge on any atom is 0.194 e. The van der Waals surface area contributed by atoms with Crippen molar-refractivity contribution in [3.63, 3.8) is 0 Å². The van der Waals surface area contributed by atoms with Crippen LogP contribution in [0.4, 0.5) is 0 Å². The number of benzene rings is 2. The van der Waals surface area contributed by atoms with Gasteiger partial charge in [0.15, 0.2) is 5.78 Å². The quantitative estimate of drug-likeness (QED) is 0.435. The van der Waals surface area contributed by atoms with Gasteiger partial charge in [-0.25, -0.2) is 0 Å². The number of nitrogens with zero attached hydrogens (tertiary/aromatic N) is 1. The van der Waals surface area contributed by atoms with Crippen LogP contribution in [0.15, 0.2) is 30.3 Å². The molecule has 0 fully saturated rings. The fourth-order valence-corrected chi connectivity index (χ4v) is 3.80. The Morgan fingerprint density at radius 3 is 2.24 bits per heavy atom. The second-order valence-corrected chi connectivity index (χ2v) is 6.95. The van der Waals surface area contributed by atoms with Crippen LogP contribution in [0.25, 0.3) is 11.1 Å². The number of hydrogen-bond donors (Lipinski definition) is 0. The lowest BCUT2D eigenvalue weighted by Crippen LogP contribution is -2.25. The topological polar surface area (TPSA) is 48.0 Å². The van der Waals surface area contributed by atoms with Crippen LogP contribution in [0.5, 0.6) is 17.2 Å². The summed E-state index contributed by atoms with van der Waals surface area (Å²) in [5, 5.41) is 0. The van der Waals surface area contributed by atoms with Crippen molar-refractivity contribution in [2.45, 2.75) is 34.1 Å². The summed E-state index contributed by atoms with van der Waals surface area (Å²) in [6.45, 7) is 12.9. The molecule has 0 radical (unpaired) electrons. The zero-order chi connectivity index (χ0) is 20.8. The number of carbonyl (C=O) groups excluding carboxylic acids is 1. The first-order valence-electron chi connectivity index (χ1n) is 10.6. The summed E-state index contributed by atoms with van der Waals surface area (Å²) in [4.78, 5) is 15.5. The molecule has 0 spiro atoms. The highest BCUT2D eigenvalue weighted by Gasteiger charge is 2.33. The molecule has 2 aromatic carbocycles. The molecule has 29 heavy (non-hydrogen) atoms. The third kappa shape index (κ3) is 4.40. The molecule has 0 atom stereocenters. The molecule has 0 saturated carbocycles. The highest BCUT2D eigenvalue weighted by molar-refractivity contribution is 6.23. The molecule has 2 aromatic rings. The van der Waals surface area contributed by atoms with Gasteiger partial charge in [-0.15, -0.1) is 0 Å². The van der Waals surface area contributed by atoms with E-state index in [-0.39, 0.29) is 5.78 Å². The zero-order valence-electron chi connectivity index (χ0n) is 17.9. The molecule has 156 valence electrons. The average molecular weight is 398 g/mol. The Morgan fingerprint density at radius 2 is 1.55 bits per heavy atom. The van der Waals surface area contributed by atoms with Gasteiger partial charge in [-0.05, 0) is 45.5 Å². The molecule has 0 heterocycles. The van der Waals surface area contributed by atoms with Crippen molar-refractivity contribution >= 4 is 5.78 Å². The molecule has 5 nitrogen and oxygen atoms in total. The molecule has 0 aliphatic heterocycles. The minimum atomic E-state index is -0.00824. The number of ether oxygens (including phenoxy) is 3. The smallest absolute Gasteiger partial charge is 0.194 e. The summed E-state index contributed by atoms with van der Waals surface area (Å²) in [6, 6.07) is 9.35. The molecule has 0 bridgehead atoms. The Balaban J connectivity index is 1.91. The van der Waals surface area contributed by atoms with Crippen molar-refractivity contribution in [1.29, 1.82) is 0 Å². The standard InChI is InChI=1S/C24H31NO4/c1-5-25(6-2)13-10-14-29-20-12-9-11-18-22(20)23-19(24(18)26)15-17(27-7-3)16-21(23)28-8-4/h9,11-12,15-16H,5-8,10,13-14H2,1-4H3. The van der Waals surface area contributed by atoms with E-state index < -0.39 is 0 Å². The summed E-state index contributed by atoms with van der Waals surface area (Å²) in [5.41, 5.74) is 2.93. The number of rotatable bonds is 11. The number of carbonyl (C=O) groups is 1. The van der Waals surface area contributed by atoms with E-state index in [2.05, 4.69) is 18.7 Å². The first-order valence-corrected chi connectivity index (χ1v) is 10.6. The Labute approximate surface area is 173 Å². The number of fused-ring (bicyclic) bond motifs is 3. The highest BCUT2D eigenvalue weighted by atomic mass is 16.5. The molecule has 0 N–H and O–H groups in total. The maximum atomic E-state index is 13.1. The van der Waals surface area contributed by atoms with Crippen molar-refractivity contribution in [3.05, 3.63) is 41.5 Å². The molecule has 3 rings (SSSR count). The third-order valence-corrected chi connectivity index (χ3v) is 5.22. The Morgan fingerprint density at radius 1 is 0.828 bits per heavy atom. The van der Waals surface area contributed by atoms with Gasteiger partial charge >= 0.3 is 0 Å². The van der Waals surface area contributed by atoms with E-state index in [9.17, 15) is 4.79 Å². The Kier molecular flexibility index (Phi) is 7.15. The van der Waals surface area contributed by atoms with Crippen molar-refractivity contribution < 1.29 is 19.0 Å². The van der Waals surface area contributed by atoms with Crippen LogP contribution in [-0.4, -0.2) is 50.1 Å². The van der Waals surface area contributed by atoms with Crippen molar-refractivity contribution in [2.75, 3.05) is 39.5 Å². The zero-order valence-corrected chi connectivity index (χ0v) is 17.9. The molecular weight excluding hydrogens is 366 g/mol. The predicted octanol–water partition coefficient (Wildman–Crippen LogP) is 4.81. The third-order valence-electron chi connectivity index (χ3n) is 5.22. The Hall–Kier alpha value is -2.53. The molecule has 0 unspecified atom stereocenters. The number of ketones is 1. The van der Waals surface area contributed by atoms with Crippen LogP contribution in [0.2, 0.25) is 0 Å². The average Bonchev–Trinajstić information content (AvgIpc) is 3.02. The van der Waals surface area contributed by atoms with Gasteiger partial charge in [-0.1, -0.05) is 26.0 Å². The fraction of sp³-hybridized carbons (Fsp3) is 0.458. The minimum absolute atomic E-state index is 0.00824. The van der Waals surface area contributed by atoms with Crippen LogP contribution in [0.1, 0.15) is 50.0 Å². The van der Waals surface area contributed by atoms with Gasteiger partial charge in [0.05, 0.1) is 19.8 Å². The van der Waals surface area contributed by atoms with E-state index in [1.165, 1.54) is 0 Å². The van der Waals surface area contributed by atoms with Crippen molar-refractivity contribution in [1.82, 2.24) is 4.90 Å². The Bertz CT molecular complexity index is 858. The second kappa shape index (κ2) is 9.79. The van der Waals surface area contributed by atoms with Gasteiger partial charge in [0, 0.05) is 34.9 Å². The normalized spacial score (nSPS) is 12.1. The molecule has 5 heteroatoms. The van der Waals surface area contributed by atoms with E-state index in [0.29, 0.717) is 42.4 Å². The molecule has 0 amide bonds. The van der Waals surface area contributed by atoms with Crippen molar-refractivity contribution in [2.24, 2.45) is 0 Å². The van der Waals surface area contributed by atoms with E-state index in [1.807, 2.05) is 44.2 Å². The van der Waals surface area contributed by atoms with E-state index >= 15 is 0 Å². The van der Waals surface area contributed by atoms with E-state index in [0.717, 1.165) is 42.9 Å². The second-order valence-electron chi connectivity index (χ2n) is 6.95. The lowest BCUT2D eigenvalue weighted by atomic mass is 10.0. The van der Waals surface area contributed by atoms with Gasteiger partial charge in [-0.3, -0.25) is 4.79 Å². The molecular formula is C24H31NO4. The lowest BCUT2D eigenvalue weighted by molar-refractivity contribution is 0.104. The van der Waals surface area contributed by atoms with Crippen LogP contribution in [0, 0.1) is 0 Å². The highest BCUT2D eigenvalue weighted by Crippen LogP contribution is 2.49. The van der Waals surface area contributed by atoms with Crippen molar-refractivity contribution in [3.8, 4) is 28.4 Å². The summed E-state index contributed by atoms with van der Waals surface area (Å²) in [7, 11) is 0. The van der Waals surface area contributed by atoms with Gasteiger partial charge in [0.2, 0.25) is 0 Å². The van der Waals surface area contributed by atoms with E-state index in [1.54, 1.807) is 0 Å². The summed E-state index contributed by atoms with van der Waals surface area (Å²) in [5.74, 6) is 2.04. The fourth-order valence-electron chi connectivity index (χ4n) is 3.80. The summed E-state index contributed by atoms with van der Waals surface area (Å²) >= 11 is 0. The summed E-state index contributed by atoms with van der Waals surface area (Å²) in [6.07, 6.45) is 0.938. The largest absolute Gasteiger partial charge is 0.494 e. The minimum Gasteiger partial charge on any atom is -0.494 e. The first-order chi connectivity index (χ1) is 14.1. The molecule has 1 aliphatic carbocycles. The van der Waals surface area contributed by atoms with Crippen LogP contribution < -0.4 is 14.2 Å². The monoisotopic (exact) mass is 397 g/mol. The van der Waals surface area contributed by atoms with Gasteiger partial charge in [0.1, 0.15) is 17.2 Å². The summed E-state index contributed by atoms with van der Waals surface area (Å²) < 4.78 is 17.7. The van der Waals surface area contributed by atoms with Gasteiger partial charge in [0.25, 0.3) is 0 Å². The maximum absolute atomic E-state index is 13.1. The predicted molar refractivity (Wildman–Crippen MR) is 116 cm³/mol. The SMILES string of the molecule is CCOc1cc(OCC)c2c(c1)C(=O)c1cccc(OCCCN(CC)CC)c1-2. The first kappa shape index (κ1) is 21.2. The van der Waals surface area contributed by atoms with Crippen LogP contribution in [0.3, 0.4) is 0 Å². The van der Waals surface area contributed by atoms with Crippen LogP contribution >= 0.6 is 0 Å². The van der Waals surface area contributed by atoms with E-state index in [4.69, 9.17) is 14.2 Å². The molecule has 0 saturated heterocycles. The molecule has 1 aliphatic rings.